The molecule has 2 aromatic heterocycles. The Bertz CT molecular complexity index is 681. The van der Waals surface area contributed by atoms with Crippen molar-refractivity contribution in [2.24, 2.45) is 17.8 Å². The van der Waals surface area contributed by atoms with Crippen molar-refractivity contribution in [1.29, 1.82) is 0 Å². The molecule has 2 aromatic rings. The van der Waals surface area contributed by atoms with Crippen LogP contribution in [-0.4, -0.2) is 40.6 Å². The van der Waals surface area contributed by atoms with Gasteiger partial charge in [-0.25, -0.2) is 0 Å². The van der Waals surface area contributed by atoms with Crippen molar-refractivity contribution in [3.63, 3.8) is 0 Å². The van der Waals surface area contributed by atoms with Crippen LogP contribution in [0.15, 0.2) is 43.0 Å². The van der Waals surface area contributed by atoms with Gasteiger partial charge in [-0.3, -0.25) is 9.97 Å². The van der Waals surface area contributed by atoms with Crippen molar-refractivity contribution in [2.45, 2.75) is 18.9 Å². The van der Waals surface area contributed by atoms with Crippen molar-refractivity contribution < 1.29 is 4.74 Å². The summed E-state index contributed by atoms with van der Waals surface area (Å²) in [6, 6.07) is 6.14. The van der Waals surface area contributed by atoms with E-state index in [0.717, 1.165) is 22.8 Å². The number of pyridine rings is 2. The molecule has 0 spiro atoms. The maximum Gasteiger partial charge on any atom is 0.138 e. The Labute approximate surface area is 148 Å². The third-order valence-corrected chi connectivity index (χ3v) is 5.70. The van der Waals surface area contributed by atoms with E-state index in [-0.39, 0.29) is 12.4 Å². The first-order valence-electron chi connectivity index (χ1n) is 8.59. The van der Waals surface area contributed by atoms with E-state index in [2.05, 4.69) is 20.9 Å². The van der Waals surface area contributed by atoms with Gasteiger partial charge in [-0.1, -0.05) is 0 Å². The van der Waals surface area contributed by atoms with Crippen LogP contribution in [0.2, 0.25) is 0 Å². The molecule has 2 atom stereocenters. The summed E-state index contributed by atoms with van der Waals surface area (Å²) in [5.41, 5.74) is 2.23. The number of hydrogen-bond acceptors (Lipinski definition) is 4. The fourth-order valence-corrected chi connectivity index (χ4v) is 4.90. The number of ether oxygens (including phenoxy) is 1. The quantitative estimate of drug-likeness (QED) is 0.857. The van der Waals surface area contributed by atoms with Crippen LogP contribution in [0.5, 0.6) is 5.75 Å². The van der Waals surface area contributed by atoms with Crippen LogP contribution in [0.4, 0.5) is 0 Å². The smallest absolute Gasteiger partial charge is 0.138 e. The molecule has 4 aliphatic rings. The minimum atomic E-state index is 0. The Hall–Kier alpha value is -1.65. The fourth-order valence-electron chi connectivity index (χ4n) is 4.90. The van der Waals surface area contributed by atoms with Gasteiger partial charge in [0, 0.05) is 55.6 Å². The minimum Gasteiger partial charge on any atom is -0.488 e. The lowest BCUT2D eigenvalue weighted by molar-refractivity contribution is -0.0985. The van der Waals surface area contributed by atoms with Gasteiger partial charge in [0.2, 0.25) is 0 Å². The number of aromatic nitrogens is 2. The first-order chi connectivity index (χ1) is 11.3. The summed E-state index contributed by atoms with van der Waals surface area (Å²) in [6.45, 7) is 3.75. The van der Waals surface area contributed by atoms with Crippen molar-refractivity contribution in [3.8, 4) is 16.9 Å². The van der Waals surface area contributed by atoms with E-state index in [9.17, 15) is 0 Å². The number of halogens is 1. The summed E-state index contributed by atoms with van der Waals surface area (Å²) >= 11 is 0. The largest absolute Gasteiger partial charge is 0.488 e. The topological polar surface area (TPSA) is 38.2 Å². The van der Waals surface area contributed by atoms with Gasteiger partial charge in [0.25, 0.3) is 0 Å². The molecule has 24 heavy (non-hydrogen) atoms. The molecule has 5 heteroatoms. The molecule has 3 aliphatic heterocycles. The minimum absolute atomic E-state index is 0. The molecule has 1 saturated carbocycles. The van der Waals surface area contributed by atoms with Crippen LogP contribution in [-0.2, 0) is 0 Å². The first kappa shape index (κ1) is 15.9. The van der Waals surface area contributed by atoms with Gasteiger partial charge in [0.15, 0.2) is 0 Å². The van der Waals surface area contributed by atoms with Crippen LogP contribution in [0.3, 0.4) is 0 Å². The molecule has 0 amide bonds. The zero-order valence-electron chi connectivity index (χ0n) is 13.5. The molecule has 4 nitrogen and oxygen atoms in total. The summed E-state index contributed by atoms with van der Waals surface area (Å²) in [7, 11) is 0. The average Bonchev–Trinajstić information content (AvgIpc) is 2.59. The first-order valence-corrected chi connectivity index (χ1v) is 8.59. The molecule has 0 aromatic carbocycles. The molecule has 0 N–H and O–H groups in total. The zero-order chi connectivity index (χ0) is 15.2. The van der Waals surface area contributed by atoms with Crippen LogP contribution >= 0.6 is 12.4 Å². The van der Waals surface area contributed by atoms with Crippen LogP contribution < -0.4 is 4.74 Å². The number of piperidine rings is 3. The van der Waals surface area contributed by atoms with Gasteiger partial charge in [-0.15, -0.1) is 12.4 Å². The summed E-state index contributed by atoms with van der Waals surface area (Å²) in [4.78, 5) is 11.1. The zero-order valence-corrected chi connectivity index (χ0v) is 14.4. The summed E-state index contributed by atoms with van der Waals surface area (Å²) in [5.74, 6) is 3.22. The predicted octanol–water partition coefficient (Wildman–Crippen LogP) is 3.28. The van der Waals surface area contributed by atoms with Gasteiger partial charge in [-0.2, -0.15) is 0 Å². The lowest BCUT2D eigenvalue weighted by atomic mass is 9.66. The second-order valence-electron chi connectivity index (χ2n) is 7.30. The van der Waals surface area contributed by atoms with E-state index in [1.165, 1.54) is 32.5 Å². The molecule has 6 rings (SSSR count). The van der Waals surface area contributed by atoms with Gasteiger partial charge >= 0.3 is 0 Å². The van der Waals surface area contributed by atoms with Gasteiger partial charge < -0.3 is 9.64 Å². The van der Waals surface area contributed by atoms with Gasteiger partial charge in [-0.05, 0) is 42.5 Å². The highest BCUT2D eigenvalue weighted by Gasteiger charge is 2.48. The lowest BCUT2D eigenvalue weighted by Gasteiger charge is -2.55. The van der Waals surface area contributed by atoms with Crippen molar-refractivity contribution in [3.05, 3.63) is 43.0 Å². The van der Waals surface area contributed by atoms with E-state index in [1.807, 2.05) is 36.9 Å². The average molecular weight is 344 g/mol. The molecule has 126 valence electrons. The summed E-state index contributed by atoms with van der Waals surface area (Å²) in [6.07, 6.45) is 10.4. The SMILES string of the molecule is Cl.c1cc(-c2cncc(OC3C4CC5CC3CN(C5)C4)c2)ccn1. The predicted molar refractivity (Wildman–Crippen MR) is 95.3 cm³/mol. The Kier molecular flexibility index (Phi) is 4.19. The van der Waals surface area contributed by atoms with Crippen molar-refractivity contribution >= 4 is 12.4 Å². The fraction of sp³-hybridized carbons (Fsp3) is 0.474. The highest BCUT2D eigenvalue weighted by atomic mass is 35.5. The Morgan fingerprint density at radius 2 is 1.67 bits per heavy atom. The van der Waals surface area contributed by atoms with E-state index in [0.29, 0.717) is 17.9 Å². The normalized spacial score (nSPS) is 33.1. The summed E-state index contributed by atoms with van der Waals surface area (Å²) in [5, 5.41) is 0. The highest BCUT2D eigenvalue weighted by Crippen LogP contribution is 2.45. The van der Waals surface area contributed by atoms with Crippen LogP contribution in [0.25, 0.3) is 11.1 Å². The van der Waals surface area contributed by atoms with Gasteiger partial charge in [0.1, 0.15) is 11.9 Å². The molecular formula is C19H22ClN3O. The highest BCUT2D eigenvalue weighted by molar-refractivity contribution is 5.85. The number of hydrogen-bond donors (Lipinski definition) is 0. The van der Waals surface area contributed by atoms with Gasteiger partial charge in [0.05, 0.1) is 6.20 Å². The molecule has 4 bridgehead atoms. The van der Waals surface area contributed by atoms with E-state index >= 15 is 0 Å². The molecule has 4 fully saturated rings. The maximum atomic E-state index is 6.45. The van der Waals surface area contributed by atoms with Crippen molar-refractivity contribution in [2.75, 3.05) is 19.6 Å². The van der Waals surface area contributed by atoms with Crippen LogP contribution in [0, 0.1) is 17.8 Å². The molecule has 2 unspecified atom stereocenters. The molecular weight excluding hydrogens is 322 g/mol. The Balaban J connectivity index is 0.00000146. The standard InChI is InChI=1S/C19H21N3O.ClH/c1-3-20-4-2-14(1)15-7-18(9-21-8-15)23-19-16-5-13-6-17(19)12-22(10-13)11-16;/h1-4,7-9,13,16-17,19H,5-6,10-12H2;1H. The summed E-state index contributed by atoms with van der Waals surface area (Å²) < 4.78 is 6.45. The van der Waals surface area contributed by atoms with Crippen molar-refractivity contribution in [1.82, 2.24) is 14.9 Å². The third kappa shape index (κ3) is 2.78. The Morgan fingerprint density at radius 1 is 0.917 bits per heavy atom. The molecule has 1 aliphatic carbocycles. The van der Waals surface area contributed by atoms with E-state index in [1.54, 1.807) is 0 Å². The van der Waals surface area contributed by atoms with E-state index < -0.39 is 0 Å². The van der Waals surface area contributed by atoms with Crippen LogP contribution in [0.1, 0.15) is 12.8 Å². The molecule has 0 radical (unpaired) electrons. The number of rotatable bonds is 3. The monoisotopic (exact) mass is 343 g/mol. The molecule has 3 saturated heterocycles. The maximum absolute atomic E-state index is 6.45. The second-order valence-corrected chi connectivity index (χ2v) is 7.30. The van der Waals surface area contributed by atoms with E-state index in [4.69, 9.17) is 4.74 Å². The molecule has 5 heterocycles. The number of nitrogens with zero attached hydrogens (tertiary/aromatic N) is 3. The lowest BCUT2D eigenvalue weighted by Crippen LogP contribution is -2.61. The second kappa shape index (κ2) is 6.34. The Morgan fingerprint density at radius 3 is 2.38 bits per heavy atom. The third-order valence-electron chi connectivity index (χ3n) is 5.70.